The second-order valence-corrected chi connectivity index (χ2v) is 14.9. The van der Waals surface area contributed by atoms with E-state index in [0.717, 1.165) is 35.6 Å². The third-order valence-corrected chi connectivity index (χ3v) is 11.2. The second kappa shape index (κ2) is 16.8. The first-order chi connectivity index (χ1) is 23.6. The zero-order chi connectivity index (χ0) is 35.0. The van der Waals surface area contributed by atoms with Crippen LogP contribution in [0.4, 0.5) is 5.69 Å². The van der Waals surface area contributed by atoms with E-state index in [4.69, 9.17) is 39.5 Å². The standard InChI is InChI=1S/C37H38Cl3N3O5S/c1-2-48-30-19-17-29(18-20-30)43(49(46,47)31-21-15-27(38)16-22-31)25-36(44)42(24-32-33(39)13-8-14-34(32)40)35(23-26-9-4-3-5-10-26)37(45)41-28-11-6-7-12-28/h3-5,8-10,13-22,28,35H,2,6-7,11-12,23-25H2,1H3,(H,41,45)/t35-/m1/s1. The molecule has 4 aromatic carbocycles. The summed E-state index contributed by atoms with van der Waals surface area (Å²) < 4.78 is 35.1. The number of carbonyl (C=O) groups is 2. The molecule has 1 aliphatic carbocycles. The van der Waals surface area contributed by atoms with Crippen LogP contribution in [0.5, 0.6) is 5.75 Å². The van der Waals surface area contributed by atoms with Crippen molar-refractivity contribution in [1.82, 2.24) is 10.2 Å². The fourth-order valence-corrected chi connectivity index (χ4v) is 7.97. The normalized spacial score (nSPS) is 13.9. The zero-order valence-corrected chi connectivity index (χ0v) is 30.1. The van der Waals surface area contributed by atoms with Crippen molar-refractivity contribution in [1.29, 1.82) is 0 Å². The Kier molecular flexibility index (Phi) is 12.5. The average Bonchev–Trinajstić information content (AvgIpc) is 3.60. The largest absolute Gasteiger partial charge is 0.494 e. The molecule has 4 aromatic rings. The van der Waals surface area contributed by atoms with Gasteiger partial charge in [-0.3, -0.25) is 13.9 Å². The van der Waals surface area contributed by atoms with Gasteiger partial charge in [-0.25, -0.2) is 8.42 Å². The van der Waals surface area contributed by atoms with Gasteiger partial charge in [0.05, 0.1) is 17.2 Å². The van der Waals surface area contributed by atoms with Crippen molar-refractivity contribution < 1.29 is 22.7 Å². The fourth-order valence-electron chi connectivity index (χ4n) is 5.91. The van der Waals surface area contributed by atoms with Crippen LogP contribution < -0.4 is 14.4 Å². The van der Waals surface area contributed by atoms with Gasteiger partial charge in [-0.2, -0.15) is 0 Å². The van der Waals surface area contributed by atoms with E-state index in [1.54, 1.807) is 42.5 Å². The molecule has 0 bridgehead atoms. The molecule has 12 heteroatoms. The van der Waals surface area contributed by atoms with Gasteiger partial charge in [-0.05, 0) is 86.0 Å². The van der Waals surface area contributed by atoms with E-state index in [0.29, 0.717) is 33.0 Å². The van der Waals surface area contributed by atoms with Crippen molar-refractivity contribution in [3.63, 3.8) is 0 Å². The Morgan fingerprint density at radius 3 is 2.10 bits per heavy atom. The van der Waals surface area contributed by atoms with Gasteiger partial charge in [0.2, 0.25) is 11.8 Å². The number of amides is 2. The Balaban J connectivity index is 1.59. The molecule has 1 atom stereocenters. The van der Waals surface area contributed by atoms with Gasteiger partial charge < -0.3 is 15.0 Å². The third-order valence-electron chi connectivity index (χ3n) is 8.48. The Hall–Kier alpha value is -3.76. The van der Waals surface area contributed by atoms with Crippen LogP contribution in [-0.2, 0) is 32.6 Å². The van der Waals surface area contributed by atoms with Gasteiger partial charge >= 0.3 is 0 Å². The van der Waals surface area contributed by atoms with E-state index in [-0.39, 0.29) is 35.5 Å². The number of rotatable bonds is 14. The van der Waals surface area contributed by atoms with Crippen molar-refractivity contribution in [3.05, 3.63) is 123 Å². The first-order valence-corrected chi connectivity index (χ1v) is 18.7. The van der Waals surface area contributed by atoms with Crippen molar-refractivity contribution in [3.8, 4) is 5.75 Å². The lowest BCUT2D eigenvalue weighted by Crippen LogP contribution is -2.54. The van der Waals surface area contributed by atoms with Gasteiger partial charge in [0, 0.05) is 39.6 Å². The van der Waals surface area contributed by atoms with Crippen LogP contribution in [0.15, 0.2) is 102 Å². The van der Waals surface area contributed by atoms with Gasteiger partial charge in [-0.15, -0.1) is 0 Å². The molecule has 0 spiro atoms. The minimum absolute atomic E-state index is 0.0164. The summed E-state index contributed by atoms with van der Waals surface area (Å²) in [5, 5.41) is 4.15. The van der Waals surface area contributed by atoms with Crippen molar-refractivity contribution in [2.45, 2.75) is 62.6 Å². The SMILES string of the molecule is CCOc1ccc(N(CC(=O)N(Cc2c(Cl)cccc2Cl)[C@H](Cc2ccccc2)C(=O)NC2CCCC2)S(=O)(=O)c2ccc(Cl)cc2)cc1. The number of anilines is 1. The summed E-state index contributed by atoms with van der Waals surface area (Å²) in [5.74, 6) is -0.409. The highest BCUT2D eigenvalue weighted by molar-refractivity contribution is 7.92. The van der Waals surface area contributed by atoms with Crippen LogP contribution in [0, 0.1) is 0 Å². The number of sulfonamides is 1. The topological polar surface area (TPSA) is 96.0 Å². The summed E-state index contributed by atoms with van der Waals surface area (Å²) in [4.78, 5) is 30.3. The number of carbonyl (C=O) groups excluding carboxylic acids is 2. The molecule has 0 heterocycles. The summed E-state index contributed by atoms with van der Waals surface area (Å²) in [6.45, 7) is 1.52. The van der Waals surface area contributed by atoms with Crippen LogP contribution in [-0.4, -0.2) is 50.4 Å². The first-order valence-electron chi connectivity index (χ1n) is 16.1. The van der Waals surface area contributed by atoms with Crippen molar-refractivity contribution >= 4 is 62.3 Å². The lowest BCUT2D eigenvalue weighted by atomic mass is 10.0. The highest BCUT2D eigenvalue weighted by atomic mass is 35.5. The summed E-state index contributed by atoms with van der Waals surface area (Å²) in [7, 11) is -4.30. The summed E-state index contributed by atoms with van der Waals surface area (Å²) in [6, 6.07) is 25.5. The van der Waals surface area contributed by atoms with Gasteiger partial charge in [0.25, 0.3) is 10.0 Å². The summed E-state index contributed by atoms with van der Waals surface area (Å²) >= 11 is 19.3. The number of hydrogen-bond acceptors (Lipinski definition) is 5. The lowest BCUT2D eigenvalue weighted by molar-refractivity contribution is -0.140. The van der Waals surface area contributed by atoms with Gasteiger partial charge in [0.1, 0.15) is 18.3 Å². The summed E-state index contributed by atoms with van der Waals surface area (Å²) in [6.07, 6.45) is 3.88. The quantitative estimate of drug-likeness (QED) is 0.142. The maximum absolute atomic E-state index is 14.7. The molecule has 1 fully saturated rings. The van der Waals surface area contributed by atoms with E-state index >= 15 is 0 Å². The molecule has 5 rings (SSSR count). The van der Waals surface area contributed by atoms with Gasteiger partial charge in [0.15, 0.2) is 0 Å². The van der Waals surface area contributed by atoms with Gasteiger partial charge in [-0.1, -0.05) is 84.0 Å². The lowest BCUT2D eigenvalue weighted by Gasteiger charge is -2.34. The minimum atomic E-state index is -4.30. The van der Waals surface area contributed by atoms with E-state index < -0.39 is 28.5 Å². The predicted octanol–water partition coefficient (Wildman–Crippen LogP) is 7.94. The first kappa shape index (κ1) is 36.5. The summed E-state index contributed by atoms with van der Waals surface area (Å²) in [5.41, 5.74) is 1.51. The van der Waals surface area contributed by atoms with E-state index in [9.17, 15) is 18.0 Å². The van der Waals surface area contributed by atoms with Crippen LogP contribution >= 0.6 is 34.8 Å². The molecule has 1 aliphatic rings. The monoisotopic (exact) mass is 741 g/mol. The Morgan fingerprint density at radius 1 is 0.857 bits per heavy atom. The predicted molar refractivity (Wildman–Crippen MR) is 195 cm³/mol. The molecule has 8 nitrogen and oxygen atoms in total. The van der Waals surface area contributed by atoms with E-state index in [1.807, 2.05) is 37.3 Å². The van der Waals surface area contributed by atoms with Crippen molar-refractivity contribution in [2.75, 3.05) is 17.5 Å². The number of hydrogen-bond donors (Lipinski definition) is 1. The number of halogens is 3. The van der Waals surface area contributed by atoms with Crippen LogP contribution in [0.2, 0.25) is 15.1 Å². The molecule has 0 aromatic heterocycles. The highest BCUT2D eigenvalue weighted by Crippen LogP contribution is 2.30. The molecular weight excluding hydrogens is 705 g/mol. The maximum Gasteiger partial charge on any atom is 0.264 e. The third kappa shape index (κ3) is 9.28. The van der Waals surface area contributed by atoms with Crippen molar-refractivity contribution in [2.24, 2.45) is 0 Å². The minimum Gasteiger partial charge on any atom is -0.494 e. The molecule has 258 valence electrons. The number of nitrogens with one attached hydrogen (secondary N) is 1. The molecule has 0 aliphatic heterocycles. The number of ether oxygens (including phenoxy) is 1. The molecule has 2 amide bonds. The Labute approximate surface area is 303 Å². The van der Waals surface area contributed by atoms with Crippen LogP contribution in [0.3, 0.4) is 0 Å². The smallest absolute Gasteiger partial charge is 0.264 e. The maximum atomic E-state index is 14.7. The number of nitrogens with zero attached hydrogens (tertiary/aromatic N) is 2. The van der Waals surface area contributed by atoms with E-state index in [1.165, 1.54) is 29.2 Å². The highest BCUT2D eigenvalue weighted by Gasteiger charge is 2.36. The zero-order valence-electron chi connectivity index (χ0n) is 27.0. The molecular formula is C37H38Cl3N3O5S. The molecule has 49 heavy (non-hydrogen) atoms. The fraction of sp³-hybridized carbons (Fsp3) is 0.297. The molecule has 1 N–H and O–H groups in total. The number of benzene rings is 4. The molecule has 0 saturated heterocycles. The van der Waals surface area contributed by atoms with E-state index in [2.05, 4.69) is 5.32 Å². The molecule has 0 radical (unpaired) electrons. The Bertz CT molecular complexity index is 1820. The molecule has 1 saturated carbocycles. The second-order valence-electron chi connectivity index (χ2n) is 11.8. The van der Waals surface area contributed by atoms with Crippen LogP contribution in [0.1, 0.15) is 43.7 Å². The van der Waals surface area contributed by atoms with Crippen LogP contribution in [0.25, 0.3) is 0 Å². The Morgan fingerprint density at radius 2 is 1.49 bits per heavy atom. The average molecular weight is 743 g/mol. The molecule has 0 unspecified atom stereocenters.